The zero-order chi connectivity index (χ0) is 18.2. The number of benzene rings is 1. The number of thioether (sulfide) groups is 1. The molecule has 6 heteroatoms. The highest BCUT2D eigenvalue weighted by Crippen LogP contribution is 2.24. The molecule has 0 unspecified atom stereocenters. The smallest absolute Gasteiger partial charge is 0.226 e. The lowest BCUT2D eigenvalue weighted by molar-refractivity contribution is -0.120. The summed E-state index contributed by atoms with van der Waals surface area (Å²) in [5.41, 5.74) is 2.72. The minimum absolute atomic E-state index is 0.0114. The standard InChI is InChI=1S/C19H24N2O2S2/c1-4-14-5-7-15(8-6-14)17(22)12-25-19-21-16(11-24-19)9-18(23)20-10-13(2)3/h5-8,11,13H,4,9-10,12H2,1-3H3,(H,20,23). The van der Waals surface area contributed by atoms with Crippen molar-refractivity contribution >= 4 is 34.8 Å². The number of thiazole rings is 1. The Labute approximate surface area is 157 Å². The van der Waals surface area contributed by atoms with E-state index in [9.17, 15) is 9.59 Å². The monoisotopic (exact) mass is 376 g/mol. The van der Waals surface area contributed by atoms with Crippen molar-refractivity contribution in [1.29, 1.82) is 0 Å². The maximum atomic E-state index is 12.2. The van der Waals surface area contributed by atoms with E-state index in [0.717, 1.165) is 22.0 Å². The summed E-state index contributed by atoms with van der Waals surface area (Å²) >= 11 is 2.90. The maximum absolute atomic E-state index is 12.2. The molecule has 0 saturated carbocycles. The highest BCUT2D eigenvalue weighted by Gasteiger charge is 2.11. The van der Waals surface area contributed by atoms with Gasteiger partial charge in [-0.25, -0.2) is 4.98 Å². The SMILES string of the molecule is CCc1ccc(C(=O)CSc2nc(CC(=O)NCC(C)C)cs2)cc1. The van der Waals surface area contributed by atoms with Crippen molar-refractivity contribution in [2.24, 2.45) is 5.92 Å². The molecule has 1 N–H and O–H groups in total. The summed E-state index contributed by atoms with van der Waals surface area (Å²) in [6, 6.07) is 7.76. The molecule has 0 aliphatic heterocycles. The van der Waals surface area contributed by atoms with Crippen molar-refractivity contribution in [3.63, 3.8) is 0 Å². The molecule has 0 atom stereocenters. The Morgan fingerprint density at radius 3 is 2.60 bits per heavy atom. The highest BCUT2D eigenvalue weighted by molar-refractivity contribution is 8.01. The lowest BCUT2D eigenvalue weighted by Crippen LogP contribution is -2.28. The summed E-state index contributed by atoms with van der Waals surface area (Å²) in [5, 5.41) is 4.77. The van der Waals surface area contributed by atoms with Crippen LogP contribution in [0.3, 0.4) is 0 Å². The van der Waals surface area contributed by atoms with Crippen LogP contribution < -0.4 is 5.32 Å². The van der Waals surface area contributed by atoms with Crippen LogP contribution in [0.15, 0.2) is 34.0 Å². The first-order valence-corrected chi connectivity index (χ1v) is 10.3. The van der Waals surface area contributed by atoms with Crippen molar-refractivity contribution in [3.8, 4) is 0 Å². The minimum Gasteiger partial charge on any atom is -0.356 e. The van der Waals surface area contributed by atoms with Gasteiger partial charge in [0.15, 0.2) is 10.1 Å². The van der Waals surface area contributed by atoms with Gasteiger partial charge in [0.2, 0.25) is 5.91 Å². The molecule has 0 radical (unpaired) electrons. The Balaban J connectivity index is 1.82. The van der Waals surface area contributed by atoms with Gasteiger partial charge in [-0.2, -0.15) is 0 Å². The lowest BCUT2D eigenvalue weighted by Gasteiger charge is -2.06. The largest absolute Gasteiger partial charge is 0.356 e. The zero-order valence-corrected chi connectivity index (χ0v) is 16.5. The molecule has 1 aromatic heterocycles. The molecule has 0 aliphatic rings. The Bertz CT molecular complexity index is 708. The van der Waals surface area contributed by atoms with Crippen LogP contribution >= 0.6 is 23.1 Å². The number of aryl methyl sites for hydroxylation is 1. The molecule has 0 bridgehead atoms. The average molecular weight is 377 g/mol. The number of nitrogens with one attached hydrogen (secondary N) is 1. The van der Waals surface area contributed by atoms with Gasteiger partial charge in [0.05, 0.1) is 17.9 Å². The van der Waals surface area contributed by atoms with Crippen molar-refractivity contribution in [2.75, 3.05) is 12.3 Å². The van der Waals surface area contributed by atoms with Crippen LogP contribution in [-0.2, 0) is 17.6 Å². The molecule has 0 spiro atoms. The van der Waals surface area contributed by atoms with Gasteiger partial charge in [-0.1, -0.05) is 56.8 Å². The Morgan fingerprint density at radius 2 is 1.96 bits per heavy atom. The second-order valence-electron chi connectivity index (χ2n) is 6.24. The summed E-state index contributed by atoms with van der Waals surface area (Å²) in [7, 11) is 0. The molecule has 1 heterocycles. The number of ketones is 1. The molecule has 1 amide bonds. The van der Waals surface area contributed by atoms with Crippen LogP contribution in [0.4, 0.5) is 0 Å². The van der Waals surface area contributed by atoms with Crippen LogP contribution in [0, 0.1) is 5.92 Å². The Kier molecular flexibility index (Phi) is 7.65. The number of rotatable bonds is 9. The Hall–Kier alpha value is -1.66. The van der Waals surface area contributed by atoms with Gasteiger partial charge >= 0.3 is 0 Å². The number of amides is 1. The molecule has 25 heavy (non-hydrogen) atoms. The molecule has 4 nitrogen and oxygen atoms in total. The predicted molar refractivity (Wildman–Crippen MR) is 105 cm³/mol. The molecule has 2 rings (SSSR count). The second-order valence-corrected chi connectivity index (χ2v) is 8.32. The van der Waals surface area contributed by atoms with Crippen LogP contribution in [0.5, 0.6) is 0 Å². The van der Waals surface area contributed by atoms with Gasteiger partial charge in [0.1, 0.15) is 0 Å². The first kappa shape index (κ1) is 19.7. The first-order chi connectivity index (χ1) is 12.0. The van der Waals surface area contributed by atoms with Crippen molar-refractivity contribution in [1.82, 2.24) is 10.3 Å². The third-order valence-electron chi connectivity index (χ3n) is 3.59. The van der Waals surface area contributed by atoms with E-state index in [1.54, 1.807) is 0 Å². The van der Waals surface area contributed by atoms with Gasteiger partial charge in [-0.15, -0.1) is 11.3 Å². The number of hydrogen-bond acceptors (Lipinski definition) is 5. The summed E-state index contributed by atoms with van der Waals surface area (Å²) in [6.45, 7) is 6.89. The molecular weight excluding hydrogens is 352 g/mol. The van der Waals surface area contributed by atoms with E-state index in [0.29, 0.717) is 18.2 Å². The fraction of sp³-hybridized carbons (Fsp3) is 0.421. The lowest BCUT2D eigenvalue weighted by atomic mass is 10.1. The molecule has 2 aromatic rings. The Morgan fingerprint density at radius 1 is 1.24 bits per heavy atom. The number of aromatic nitrogens is 1. The minimum atomic E-state index is -0.0114. The number of hydrogen-bond donors (Lipinski definition) is 1. The van der Waals surface area contributed by atoms with E-state index in [-0.39, 0.29) is 18.1 Å². The van der Waals surface area contributed by atoms with Gasteiger partial charge in [-0.3, -0.25) is 9.59 Å². The summed E-state index contributed by atoms with van der Waals surface area (Å²) < 4.78 is 0.824. The number of Topliss-reactive ketones (excluding diaryl/α,β-unsaturated/α-hetero) is 1. The fourth-order valence-electron chi connectivity index (χ4n) is 2.12. The first-order valence-electron chi connectivity index (χ1n) is 8.44. The maximum Gasteiger partial charge on any atom is 0.226 e. The normalized spacial score (nSPS) is 10.9. The van der Waals surface area contributed by atoms with Gasteiger partial charge < -0.3 is 5.32 Å². The van der Waals surface area contributed by atoms with Crippen LogP contribution in [0.25, 0.3) is 0 Å². The topological polar surface area (TPSA) is 59.1 Å². The summed E-state index contributed by atoms with van der Waals surface area (Å²) in [4.78, 5) is 28.5. The number of carbonyl (C=O) groups excluding carboxylic acids is 2. The van der Waals surface area contributed by atoms with E-state index in [2.05, 4.69) is 31.1 Å². The molecular formula is C19H24N2O2S2. The van der Waals surface area contributed by atoms with Crippen LogP contribution in [0.2, 0.25) is 0 Å². The van der Waals surface area contributed by atoms with Crippen LogP contribution in [-0.4, -0.2) is 29.0 Å². The van der Waals surface area contributed by atoms with E-state index in [1.807, 2.05) is 29.6 Å². The average Bonchev–Trinajstić information content (AvgIpc) is 3.05. The second kappa shape index (κ2) is 9.73. The van der Waals surface area contributed by atoms with Gasteiger partial charge in [0, 0.05) is 17.5 Å². The summed E-state index contributed by atoms with van der Waals surface area (Å²) in [5.74, 6) is 0.877. The predicted octanol–water partition coefficient (Wildman–Crippen LogP) is 4.00. The molecule has 134 valence electrons. The van der Waals surface area contributed by atoms with Crippen molar-refractivity contribution < 1.29 is 9.59 Å². The van der Waals surface area contributed by atoms with Crippen molar-refractivity contribution in [2.45, 2.75) is 38.0 Å². The van der Waals surface area contributed by atoms with Crippen LogP contribution in [0.1, 0.15) is 42.4 Å². The third-order valence-corrected chi connectivity index (χ3v) is 5.66. The third kappa shape index (κ3) is 6.63. The molecule has 0 saturated heterocycles. The van der Waals surface area contributed by atoms with Crippen molar-refractivity contribution in [3.05, 3.63) is 46.5 Å². The van der Waals surface area contributed by atoms with E-state index >= 15 is 0 Å². The number of nitrogens with zero attached hydrogens (tertiary/aromatic N) is 1. The zero-order valence-electron chi connectivity index (χ0n) is 14.9. The van der Waals surface area contributed by atoms with Gasteiger partial charge in [-0.05, 0) is 17.9 Å². The van der Waals surface area contributed by atoms with E-state index < -0.39 is 0 Å². The molecule has 0 fully saturated rings. The molecule has 0 aliphatic carbocycles. The van der Waals surface area contributed by atoms with E-state index in [4.69, 9.17) is 0 Å². The van der Waals surface area contributed by atoms with E-state index in [1.165, 1.54) is 28.7 Å². The van der Waals surface area contributed by atoms with Gasteiger partial charge in [0.25, 0.3) is 0 Å². The highest BCUT2D eigenvalue weighted by atomic mass is 32.2. The summed E-state index contributed by atoms with van der Waals surface area (Å²) in [6.07, 6.45) is 1.26. The quantitative estimate of drug-likeness (QED) is 0.531. The number of carbonyl (C=O) groups is 2. The molecule has 1 aromatic carbocycles. The fourth-order valence-corrected chi connectivity index (χ4v) is 3.86.